The summed E-state index contributed by atoms with van der Waals surface area (Å²) in [5.74, 6) is -0.493. The molecule has 0 bridgehead atoms. The summed E-state index contributed by atoms with van der Waals surface area (Å²) in [6.07, 6.45) is 83.8. The van der Waals surface area contributed by atoms with Gasteiger partial charge >= 0.3 is 13.8 Å². The van der Waals surface area contributed by atoms with Crippen molar-refractivity contribution in [3.8, 4) is 0 Å². The van der Waals surface area contributed by atoms with Gasteiger partial charge in [-0.2, -0.15) is 0 Å². The van der Waals surface area contributed by atoms with E-state index < -0.39 is 20.0 Å². The second-order valence-electron chi connectivity index (χ2n) is 26.1. The number of carbonyl (C=O) groups excluding carboxylic acids is 2. The van der Waals surface area contributed by atoms with Gasteiger partial charge in [-0.15, -0.1) is 0 Å². The molecule has 0 heterocycles. The summed E-state index contributed by atoms with van der Waals surface area (Å²) in [4.78, 5) is 37.9. The zero-order chi connectivity index (χ0) is 62.1. The molecule has 0 saturated heterocycles. The summed E-state index contributed by atoms with van der Waals surface area (Å²) in [6, 6.07) is -0.849. The molecule has 0 saturated carbocycles. The molecule has 0 aliphatic carbocycles. The van der Waals surface area contributed by atoms with E-state index in [2.05, 4.69) is 74.7 Å². The van der Waals surface area contributed by atoms with E-state index >= 15 is 0 Å². The molecule has 0 rings (SSSR count). The van der Waals surface area contributed by atoms with Crippen molar-refractivity contribution in [2.75, 3.05) is 40.9 Å². The Bertz CT molecular complexity index is 1640. The Morgan fingerprint density at radius 2 is 0.718 bits per heavy atom. The maximum absolute atomic E-state index is 13.6. The van der Waals surface area contributed by atoms with Crippen LogP contribution in [-0.2, 0) is 27.9 Å². The number of nitrogens with one attached hydrogen (secondary N) is 1. The van der Waals surface area contributed by atoms with Gasteiger partial charge in [0.15, 0.2) is 0 Å². The van der Waals surface area contributed by atoms with E-state index in [1.807, 2.05) is 33.3 Å². The van der Waals surface area contributed by atoms with Crippen LogP contribution in [0.3, 0.4) is 0 Å². The lowest BCUT2D eigenvalue weighted by atomic mass is 10.0. The van der Waals surface area contributed by atoms with E-state index in [1.54, 1.807) is 0 Å². The number of ether oxygens (including phenoxy) is 1. The highest BCUT2D eigenvalue weighted by Gasteiger charge is 2.30. The second-order valence-corrected chi connectivity index (χ2v) is 27.6. The van der Waals surface area contributed by atoms with Crippen molar-refractivity contribution in [3.05, 3.63) is 60.8 Å². The maximum Gasteiger partial charge on any atom is 0.472 e. The summed E-state index contributed by atoms with van der Waals surface area (Å²) in [5, 5.41) is 3.07. The van der Waals surface area contributed by atoms with Gasteiger partial charge < -0.3 is 19.4 Å². The number of carbonyl (C=O) groups is 2. The Kier molecular flexibility index (Phi) is 62.9. The number of phosphoric ester groups is 1. The summed E-state index contributed by atoms with van der Waals surface area (Å²) >= 11 is 0. The average molecular weight is 1210 g/mol. The molecule has 10 heteroatoms. The predicted octanol–water partition coefficient (Wildman–Crippen LogP) is 23.3. The largest absolute Gasteiger partial charge is 0.472 e. The minimum atomic E-state index is -4.45. The van der Waals surface area contributed by atoms with Crippen LogP contribution < -0.4 is 5.32 Å². The third kappa shape index (κ3) is 66.0. The van der Waals surface area contributed by atoms with E-state index in [9.17, 15) is 19.0 Å². The van der Waals surface area contributed by atoms with Gasteiger partial charge in [0.25, 0.3) is 0 Å². The molecule has 0 spiro atoms. The van der Waals surface area contributed by atoms with Crippen LogP contribution in [-0.4, -0.2) is 74.3 Å². The van der Waals surface area contributed by atoms with E-state index in [0.717, 1.165) is 70.6 Å². The number of quaternary nitrogens is 1. The summed E-state index contributed by atoms with van der Waals surface area (Å²) in [5.41, 5.74) is 0. The fourth-order valence-electron chi connectivity index (χ4n) is 10.8. The number of unbranched alkanes of at least 4 members (excludes halogenated alkanes) is 43. The van der Waals surface area contributed by atoms with Crippen LogP contribution in [0, 0.1) is 0 Å². The fraction of sp³-hybridized carbons (Fsp3) is 0.840. The van der Waals surface area contributed by atoms with Crippen LogP contribution in [0.4, 0.5) is 0 Å². The number of amides is 1. The lowest BCUT2D eigenvalue weighted by molar-refractivity contribution is -0.870. The molecule has 0 aliphatic rings. The first-order valence-electron chi connectivity index (χ1n) is 36.6. The van der Waals surface area contributed by atoms with Crippen molar-refractivity contribution < 1.29 is 37.3 Å². The minimum absolute atomic E-state index is 0.0405. The smallest absolute Gasteiger partial charge is 0.456 e. The van der Waals surface area contributed by atoms with E-state index in [4.69, 9.17) is 13.8 Å². The molecule has 0 radical (unpaired) electrons. The molecule has 85 heavy (non-hydrogen) atoms. The second kappa shape index (κ2) is 64.7. The van der Waals surface area contributed by atoms with Crippen LogP contribution in [0.1, 0.15) is 355 Å². The van der Waals surface area contributed by atoms with Crippen LogP contribution in [0.25, 0.3) is 0 Å². The van der Waals surface area contributed by atoms with Gasteiger partial charge in [0.2, 0.25) is 5.91 Å². The Morgan fingerprint density at radius 3 is 1.11 bits per heavy atom. The minimum Gasteiger partial charge on any atom is -0.456 e. The third-order valence-electron chi connectivity index (χ3n) is 16.4. The molecular weight excluding hydrogens is 1070 g/mol. The maximum atomic E-state index is 13.6. The lowest BCUT2D eigenvalue weighted by Crippen LogP contribution is -2.47. The first-order valence-corrected chi connectivity index (χ1v) is 38.1. The Morgan fingerprint density at radius 1 is 0.412 bits per heavy atom. The summed E-state index contributed by atoms with van der Waals surface area (Å²) < 4.78 is 30.8. The molecule has 9 nitrogen and oxygen atoms in total. The van der Waals surface area contributed by atoms with Crippen molar-refractivity contribution in [1.29, 1.82) is 0 Å². The van der Waals surface area contributed by atoms with Crippen molar-refractivity contribution in [1.82, 2.24) is 5.32 Å². The number of esters is 1. The van der Waals surface area contributed by atoms with Crippen LogP contribution in [0.15, 0.2) is 60.8 Å². The van der Waals surface area contributed by atoms with Crippen LogP contribution >= 0.6 is 7.82 Å². The van der Waals surface area contributed by atoms with Crippen molar-refractivity contribution >= 4 is 19.7 Å². The highest BCUT2D eigenvalue weighted by molar-refractivity contribution is 7.47. The first kappa shape index (κ1) is 82.7. The topological polar surface area (TPSA) is 111 Å². The molecule has 0 aromatic heterocycles. The van der Waals surface area contributed by atoms with E-state index in [0.29, 0.717) is 23.9 Å². The zero-order valence-electron chi connectivity index (χ0n) is 57.1. The number of allylic oxidation sites excluding steroid dienone is 9. The molecule has 498 valence electrons. The van der Waals surface area contributed by atoms with E-state index in [1.165, 1.54) is 250 Å². The van der Waals surface area contributed by atoms with Gasteiger partial charge in [-0.3, -0.25) is 18.6 Å². The normalized spacial score (nSPS) is 13.8. The number of hydrogen-bond acceptors (Lipinski definition) is 6. The van der Waals surface area contributed by atoms with Gasteiger partial charge in [0.05, 0.1) is 33.8 Å². The zero-order valence-corrected chi connectivity index (χ0v) is 58.0. The Labute approximate surface area is 528 Å². The molecule has 1 amide bonds. The monoisotopic (exact) mass is 1210 g/mol. The number of hydrogen-bond donors (Lipinski definition) is 2. The highest BCUT2D eigenvalue weighted by Crippen LogP contribution is 2.43. The number of rotatable bonds is 67. The van der Waals surface area contributed by atoms with E-state index in [-0.39, 0.29) is 25.1 Å². The van der Waals surface area contributed by atoms with Crippen molar-refractivity contribution in [2.45, 2.75) is 367 Å². The molecular formula is C75H142N2O7P+. The molecule has 3 unspecified atom stereocenters. The SMILES string of the molecule is CCCCC/C=C\C/C=C\C/C=C\CCCCCCCCCCCCCCCCC(=O)NC(COP(=O)(O)OCC[N+](C)(C)C)C(/C=C\CCCCCCCCCCC)OC(=O)CCCCCCCCCCCCC/C=C/CCCCCCCC. The molecule has 0 aromatic carbocycles. The van der Waals surface area contributed by atoms with Crippen LogP contribution in [0.2, 0.25) is 0 Å². The molecule has 2 N–H and O–H groups in total. The van der Waals surface area contributed by atoms with Crippen LogP contribution in [0.5, 0.6) is 0 Å². The van der Waals surface area contributed by atoms with Gasteiger partial charge in [-0.25, -0.2) is 4.57 Å². The summed E-state index contributed by atoms with van der Waals surface area (Å²) in [7, 11) is 1.51. The van der Waals surface area contributed by atoms with Gasteiger partial charge in [0.1, 0.15) is 19.3 Å². The standard InChI is InChI=1S/C75H141N2O7P/c1-7-10-13-16-19-22-25-27-29-31-33-35-36-37-38-39-40-42-43-45-47-49-52-55-58-61-64-67-74(78)76-72(71-83-85(80,81)82-70-69-77(4,5)6)73(66-63-60-57-54-51-24-21-18-15-12-9-3)84-75(79)68-65-62-59-56-53-50-48-46-44-41-34-32-30-28-26-23-20-17-14-11-8-2/h19,22,27-30,33,35,63,66,72-73H,7-18,20-21,23-26,31-32,34,36-62,64-65,67-71H2,1-6H3,(H-,76,78,80,81)/p+1/b22-19-,29-27-,30-28+,35-33-,66-63-. The Balaban J connectivity index is 4.96. The van der Waals surface area contributed by atoms with Gasteiger partial charge in [-0.1, -0.05) is 307 Å². The molecule has 0 aromatic rings. The Hall–Kier alpha value is -2.29. The quantitative estimate of drug-likeness (QED) is 0.0205. The number of nitrogens with zero attached hydrogens (tertiary/aromatic N) is 1. The number of phosphoric acid groups is 1. The van der Waals surface area contributed by atoms with Crippen molar-refractivity contribution in [2.24, 2.45) is 0 Å². The molecule has 0 aliphatic heterocycles. The number of likely N-dealkylation sites (N-methyl/N-ethyl adjacent to an activating group) is 1. The predicted molar refractivity (Wildman–Crippen MR) is 369 cm³/mol. The fourth-order valence-corrected chi connectivity index (χ4v) is 11.5. The average Bonchev–Trinajstić information content (AvgIpc) is 3.64. The first-order chi connectivity index (χ1) is 41.4. The summed E-state index contributed by atoms with van der Waals surface area (Å²) in [6.45, 7) is 7.02. The molecule has 3 atom stereocenters. The lowest BCUT2D eigenvalue weighted by Gasteiger charge is -2.27. The van der Waals surface area contributed by atoms with Gasteiger partial charge in [0, 0.05) is 12.8 Å². The third-order valence-corrected chi connectivity index (χ3v) is 17.4. The van der Waals surface area contributed by atoms with Gasteiger partial charge in [-0.05, 0) is 96.0 Å². The molecule has 0 fully saturated rings. The van der Waals surface area contributed by atoms with Crippen molar-refractivity contribution in [3.63, 3.8) is 0 Å². The highest BCUT2D eigenvalue weighted by atomic mass is 31.2.